The fourth-order valence-corrected chi connectivity index (χ4v) is 6.84. The zero-order valence-electron chi connectivity index (χ0n) is 23.6. The predicted octanol–water partition coefficient (Wildman–Crippen LogP) is 4.83. The Balaban J connectivity index is 1.55. The molecule has 0 aliphatic carbocycles. The minimum atomic E-state index is -4.72. The van der Waals surface area contributed by atoms with Crippen LogP contribution >= 0.6 is 11.8 Å². The first kappa shape index (κ1) is 31.5. The van der Waals surface area contributed by atoms with Gasteiger partial charge in [0.25, 0.3) is 21.5 Å². The summed E-state index contributed by atoms with van der Waals surface area (Å²) in [5.74, 6) is -0.847. The molecule has 0 unspecified atom stereocenters. The number of nitrogens with zero attached hydrogens (tertiary/aromatic N) is 2. The summed E-state index contributed by atoms with van der Waals surface area (Å²) in [6, 6.07) is 22.9. The number of hydrogen-bond acceptors (Lipinski definition) is 8. The van der Waals surface area contributed by atoms with Gasteiger partial charge in [-0.2, -0.15) is 21.4 Å². The van der Waals surface area contributed by atoms with E-state index in [4.69, 9.17) is 8.97 Å². The molecule has 0 radical (unpaired) electrons. The molecule has 0 atom stereocenters. The highest BCUT2D eigenvalue weighted by atomic mass is 32.2. The molecule has 0 spiro atoms. The lowest BCUT2D eigenvalue weighted by atomic mass is 10.1. The van der Waals surface area contributed by atoms with Crippen molar-refractivity contribution >= 4 is 61.0 Å². The van der Waals surface area contributed by atoms with Gasteiger partial charge in [-0.1, -0.05) is 67.2 Å². The van der Waals surface area contributed by atoms with Crippen molar-refractivity contribution in [3.05, 3.63) is 95.4 Å². The summed E-state index contributed by atoms with van der Waals surface area (Å²) in [5, 5.41) is 0.658. The number of hydrogen-bond donors (Lipinski definition) is 3. The lowest BCUT2D eigenvalue weighted by Gasteiger charge is -2.19. The molecule has 0 fully saturated rings. The summed E-state index contributed by atoms with van der Waals surface area (Å²) in [5.41, 5.74) is 4.83. The lowest BCUT2D eigenvalue weighted by molar-refractivity contribution is -0.677. The average molecular weight is 657 g/mol. The molecule has 3 aromatic carbocycles. The van der Waals surface area contributed by atoms with Gasteiger partial charge in [-0.05, 0) is 47.4 Å². The van der Waals surface area contributed by atoms with Gasteiger partial charge < -0.3 is 9.32 Å². The highest BCUT2D eigenvalue weighted by molar-refractivity contribution is 8.03. The number of carbonyl (C=O) groups is 1. The van der Waals surface area contributed by atoms with Crippen LogP contribution < -0.4 is 14.2 Å². The third-order valence-corrected chi connectivity index (χ3v) is 9.23. The first-order valence-corrected chi connectivity index (χ1v) is 17.5. The number of carbonyl (C=O) groups excluding carboxylic acids is 1. The topological polar surface area (TPSA) is 158 Å². The quantitative estimate of drug-likeness (QED) is 0.151. The van der Waals surface area contributed by atoms with Crippen LogP contribution in [0.4, 0.5) is 5.69 Å². The van der Waals surface area contributed by atoms with Crippen LogP contribution in [0.5, 0.6) is 0 Å². The SMILES string of the molecule is CCC(/C=C1\Sc2ccccc2N1CC(=O)NS(=O)(=O)O)=C\c1oc2ccc(-c3ccccc3)cc2[n+]1CCCS(=O)(=O)O. The van der Waals surface area contributed by atoms with Gasteiger partial charge in [-0.3, -0.25) is 13.9 Å². The van der Waals surface area contributed by atoms with Crippen LogP contribution in [0.25, 0.3) is 28.3 Å². The predicted molar refractivity (Wildman–Crippen MR) is 169 cm³/mol. The van der Waals surface area contributed by atoms with Crippen molar-refractivity contribution in [2.45, 2.75) is 31.2 Å². The molecular weight excluding hydrogens is 627 g/mol. The Morgan fingerprint density at radius 2 is 1.73 bits per heavy atom. The normalized spacial score (nSPS) is 14.8. The van der Waals surface area contributed by atoms with E-state index in [-0.39, 0.29) is 19.5 Å². The molecule has 4 aromatic rings. The van der Waals surface area contributed by atoms with E-state index >= 15 is 0 Å². The van der Waals surface area contributed by atoms with Crippen molar-refractivity contribution < 1.29 is 39.7 Å². The van der Waals surface area contributed by atoms with Gasteiger partial charge in [0.15, 0.2) is 6.54 Å². The van der Waals surface area contributed by atoms with Crippen LogP contribution in [-0.2, 0) is 31.8 Å². The lowest BCUT2D eigenvalue weighted by Crippen LogP contribution is -2.38. The molecule has 44 heavy (non-hydrogen) atoms. The summed E-state index contributed by atoms with van der Waals surface area (Å²) in [4.78, 5) is 15.0. The van der Waals surface area contributed by atoms with E-state index in [1.807, 2.05) is 90.4 Å². The Kier molecular flexibility index (Phi) is 9.27. The third kappa shape index (κ3) is 7.76. The maximum Gasteiger partial charge on any atom is 0.374 e. The molecule has 0 saturated heterocycles. The Morgan fingerprint density at radius 3 is 2.43 bits per heavy atom. The van der Waals surface area contributed by atoms with Gasteiger partial charge in [0.05, 0.1) is 22.5 Å². The Bertz CT molecular complexity index is 1990. The van der Waals surface area contributed by atoms with E-state index < -0.39 is 32.1 Å². The van der Waals surface area contributed by atoms with E-state index in [9.17, 15) is 26.2 Å². The van der Waals surface area contributed by atoms with Crippen molar-refractivity contribution in [3.63, 3.8) is 0 Å². The maximum absolute atomic E-state index is 12.4. The molecule has 2 heterocycles. The highest BCUT2D eigenvalue weighted by Gasteiger charge is 2.28. The molecule has 5 rings (SSSR count). The number of amides is 1. The zero-order chi connectivity index (χ0) is 31.5. The smallest absolute Gasteiger partial charge is 0.374 e. The minimum Gasteiger partial charge on any atom is -0.398 e. The van der Waals surface area contributed by atoms with E-state index in [1.54, 1.807) is 15.7 Å². The Labute approximate surface area is 259 Å². The summed E-state index contributed by atoms with van der Waals surface area (Å²) in [6.07, 6.45) is 4.42. The van der Waals surface area contributed by atoms with Crippen LogP contribution in [0, 0.1) is 0 Å². The number of rotatable bonds is 11. The molecular formula is C30H30N3O8S3+. The molecule has 1 aliphatic rings. The second kappa shape index (κ2) is 13.0. The molecule has 3 N–H and O–H groups in total. The van der Waals surface area contributed by atoms with Crippen LogP contribution in [0.15, 0.2) is 98.8 Å². The Hall–Kier alpha value is -3.95. The summed E-state index contributed by atoms with van der Waals surface area (Å²) < 4.78 is 73.5. The molecule has 14 heteroatoms. The fraction of sp³-hybridized carbons (Fsp3) is 0.200. The van der Waals surface area contributed by atoms with Crippen LogP contribution in [-0.4, -0.2) is 44.1 Å². The number of para-hydroxylation sites is 1. The molecule has 0 saturated carbocycles. The van der Waals surface area contributed by atoms with E-state index in [2.05, 4.69) is 0 Å². The van der Waals surface area contributed by atoms with Crippen LogP contribution in [0.1, 0.15) is 25.7 Å². The molecule has 1 aromatic heterocycles. The third-order valence-electron chi connectivity index (χ3n) is 6.83. The molecule has 11 nitrogen and oxygen atoms in total. The van der Waals surface area contributed by atoms with Crippen molar-refractivity contribution in [1.82, 2.24) is 4.72 Å². The van der Waals surface area contributed by atoms with Crippen molar-refractivity contribution in [1.29, 1.82) is 0 Å². The second-order valence-corrected chi connectivity index (χ2v) is 13.8. The van der Waals surface area contributed by atoms with Crippen molar-refractivity contribution in [2.75, 3.05) is 17.2 Å². The number of anilines is 1. The van der Waals surface area contributed by atoms with Gasteiger partial charge in [-0.25, -0.2) is 4.72 Å². The van der Waals surface area contributed by atoms with E-state index in [1.165, 1.54) is 11.8 Å². The number of aryl methyl sites for hydroxylation is 1. The zero-order valence-corrected chi connectivity index (χ0v) is 26.0. The van der Waals surface area contributed by atoms with Gasteiger partial charge in [0, 0.05) is 17.4 Å². The highest BCUT2D eigenvalue weighted by Crippen LogP contribution is 2.46. The number of nitrogens with one attached hydrogen (secondary N) is 1. The molecule has 1 amide bonds. The monoisotopic (exact) mass is 656 g/mol. The maximum atomic E-state index is 12.4. The number of aromatic nitrogens is 1. The Morgan fingerprint density at radius 1 is 1.00 bits per heavy atom. The van der Waals surface area contributed by atoms with Gasteiger partial charge >= 0.3 is 16.2 Å². The van der Waals surface area contributed by atoms with Crippen LogP contribution in [0.2, 0.25) is 0 Å². The standard InChI is InChI=1S/C30H29N3O8S3/c1-2-21(18-30-33(20-28(34)31-44(38,39)40)24-11-6-7-12-27(24)42-30)17-29-32(15-8-16-43(35,36)37)25-19-23(13-14-26(25)41-29)22-9-4-3-5-10-22/h3-7,9-14,17-19H,2,8,15-16,20H2,1H3,(H2-,31,34,35,36,37,38,39,40)/p+1. The van der Waals surface area contributed by atoms with Gasteiger partial charge in [0.2, 0.25) is 5.58 Å². The summed E-state index contributed by atoms with van der Waals surface area (Å²) >= 11 is 1.41. The van der Waals surface area contributed by atoms with Crippen molar-refractivity contribution in [3.8, 4) is 11.1 Å². The largest absolute Gasteiger partial charge is 0.398 e. The fourth-order valence-electron chi connectivity index (χ4n) is 4.86. The minimum absolute atomic E-state index is 0.152. The van der Waals surface area contributed by atoms with E-state index in [0.29, 0.717) is 28.6 Å². The molecule has 230 valence electrons. The van der Waals surface area contributed by atoms with Gasteiger partial charge in [0.1, 0.15) is 6.54 Å². The van der Waals surface area contributed by atoms with E-state index in [0.717, 1.165) is 27.1 Å². The number of benzene rings is 3. The molecule has 0 bridgehead atoms. The van der Waals surface area contributed by atoms with Crippen LogP contribution in [0.3, 0.4) is 0 Å². The number of oxazole rings is 1. The number of allylic oxidation sites excluding steroid dienone is 2. The first-order valence-electron chi connectivity index (χ1n) is 13.6. The number of fused-ring (bicyclic) bond motifs is 2. The summed E-state index contributed by atoms with van der Waals surface area (Å²) in [6.45, 7) is 1.85. The first-order chi connectivity index (χ1) is 20.9. The molecule has 1 aliphatic heterocycles. The van der Waals surface area contributed by atoms with Crippen molar-refractivity contribution in [2.24, 2.45) is 0 Å². The second-order valence-electron chi connectivity index (χ2n) is 9.99. The van der Waals surface area contributed by atoms with Gasteiger partial charge in [-0.15, -0.1) is 0 Å². The summed E-state index contributed by atoms with van der Waals surface area (Å²) in [7, 11) is -8.87. The average Bonchev–Trinajstić information content (AvgIpc) is 3.48. The number of thioether (sulfide) groups is 1.